The molecule has 1 fully saturated rings. The summed E-state index contributed by atoms with van der Waals surface area (Å²) in [5.74, 6) is 0.181. The minimum Gasteiger partial charge on any atom is -0.507 e. The second-order valence-corrected chi connectivity index (χ2v) is 5.15. The molecule has 21 heavy (non-hydrogen) atoms. The highest BCUT2D eigenvalue weighted by Gasteiger charge is 2.25. The van der Waals surface area contributed by atoms with Crippen molar-refractivity contribution in [1.82, 2.24) is 10.2 Å². The first kappa shape index (κ1) is 15.2. The third-order valence-electron chi connectivity index (χ3n) is 3.62. The van der Waals surface area contributed by atoms with Gasteiger partial charge >= 0.3 is 0 Å². The van der Waals surface area contributed by atoms with E-state index in [1.165, 1.54) is 20.1 Å². The third kappa shape index (κ3) is 3.65. The Labute approximate surface area is 123 Å². The van der Waals surface area contributed by atoms with E-state index in [0.717, 1.165) is 12.8 Å². The first-order valence-corrected chi connectivity index (χ1v) is 6.94. The molecule has 1 saturated heterocycles. The molecule has 0 aliphatic carbocycles. The largest absolute Gasteiger partial charge is 0.507 e. The lowest BCUT2D eigenvalue weighted by molar-refractivity contribution is -0.119. The van der Waals surface area contributed by atoms with Crippen LogP contribution in [0, 0.1) is 0 Å². The maximum absolute atomic E-state index is 12.4. The summed E-state index contributed by atoms with van der Waals surface area (Å²) < 4.78 is 5.00. The van der Waals surface area contributed by atoms with Crippen LogP contribution in [0.15, 0.2) is 18.2 Å². The van der Waals surface area contributed by atoms with Crippen molar-refractivity contribution in [3.63, 3.8) is 0 Å². The highest BCUT2D eigenvalue weighted by atomic mass is 16.5. The zero-order valence-electron chi connectivity index (χ0n) is 12.3. The quantitative estimate of drug-likeness (QED) is 0.875. The molecule has 0 unspecified atom stereocenters. The van der Waals surface area contributed by atoms with Gasteiger partial charge in [-0.05, 0) is 25.0 Å². The number of likely N-dealkylation sites (tertiary alicyclic amines) is 1. The lowest BCUT2D eigenvalue weighted by Gasteiger charge is -2.32. The minimum atomic E-state index is -0.198. The van der Waals surface area contributed by atoms with E-state index in [0.29, 0.717) is 18.8 Å². The highest BCUT2D eigenvalue weighted by Crippen LogP contribution is 2.25. The molecule has 1 heterocycles. The van der Waals surface area contributed by atoms with Gasteiger partial charge in [-0.3, -0.25) is 9.59 Å². The van der Waals surface area contributed by atoms with Gasteiger partial charge in [0.15, 0.2) is 0 Å². The number of rotatable bonds is 3. The SMILES string of the molecule is COc1ccc(C(=O)N2CCC(NC(C)=O)CC2)c(O)c1. The number of benzene rings is 1. The summed E-state index contributed by atoms with van der Waals surface area (Å²) >= 11 is 0. The molecule has 6 heteroatoms. The molecule has 2 amide bonds. The molecule has 2 rings (SSSR count). The Hall–Kier alpha value is -2.24. The van der Waals surface area contributed by atoms with E-state index in [1.54, 1.807) is 17.0 Å². The van der Waals surface area contributed by atoms with Gasteiger partial charge in [-0.2, -0.15) is 0 Å². The predicted molar refractivity (Wildman–Crippen MR) is 77.4 cm³/mol. The number of hydrogen-bond donors (Lipinski definition) is 2. The Balaban J connectivity index is 2.00. The Bertz CT molecular complexity index is 536. The van der Waals surface area contributed by atoms with Gasteiger partial charge in [-0.1, -0.05) is 0 Å². The number of methoxy groups -OCH3 is 1. The van der Waals surface area contributed by atoms with Crippen molar-refractivity contribution >= 4 is 11.8 Å². The van der Waals surface area contributed by atoms with Crippen molar-refractivity contribution in [3.8, 4) is 11.5 Å². The molecule has 1 aromatic carbocycles. The van der Waals surface area contributed by atoms with Crippen LogP contribution in [0.2, 0.25) is 0 Å². The molecular weight excluding hydrogens is 272 g/mol. The zero-order valence-corrected chi connectivity index (χ0v) is 12.3. The molecule has 1 aliphatic rings. The summed E-state index contributed by atoms with van der Waals surface area (Å²) in [6.07, 6.45) is 1.45. The lowest BCUT2D eigenvalue weighted by Crippen LogP contribution is -2.46. The van der Waals surface area contributed by atoms with Crippen LogP contribution in [-0.4, -0.2) is 48.1 Å². The average molecular weight is 292 g/mol. The normalized spacial score (nSPS) is 15.6. The summed E-state index contributed by atoms with van der Waals surface area (Å²) in [6, 6.07) is 4.76. The summed E-state index contributed by atoms with van der Waals surface area (Å²) in [6.45, 7) is 2.62. The highest BCUT2D eigenvalue weighted by molar-refractivity contribution is 5.97. The van der Waals surface area contributed by atoms with Gasteiger partial charge in [-0.15, -0.1) is 0 Å². The van der Waals surface area contributed by atoms with Gasteiger partial charge < -0.3 is 20.1 Å². The maximum Gasteiger partial charge on any atom is 0.257 e. The molecule has 114 valence electrons. The number of carbonyl (C=O) groups is 2. The van der Waals surface area contributed by atoms with Crippen LogP contribution in [0.1, 0.15) is 30.1 Å². The van der Waals surface area contributed by atoms with Crippen molar-refractivity contribution in [2.24, 2.45) is 0 Å². The summed E-state index contributed by atoms with van der Waals surface area (Å²) in [4.78, 5) is 25.1. The maximum atomic E-state index is 12.4. The van der Waals surface area contributed by atoms with Crippen molar-refractivity contribution in [1.29, 1.82) is 0 Å². The molecular formula is C15H20N2O4. The monoisotopic (exact) mass is 292 g/mol. The van der Waals surface area contributed by atoms with Gasteiger partial charge in [0.1, 0.15) is 11.5 Å². The fourth-order valence-corrected chi connectivity index (χ4v) is 2.50. The predicted octanol–water partition coefficient (Wildman–Crippen LogP) is 1.14. The van der Waals surface area contributed by atoms with Gasteiger partial charge in [0.05, 0.1) is 12.7 Å². The van der Waals surface area contributed by atoms with Crippen molar-refractivity contribution in [3.05, 3.63) is 23.8 Å². The third-order valence-corrected chi connectivity index (χ3v) is 3.62. The number of phenols is 1. The molecule has 2 N–H and O–H groups in total. The Morgan fingerprint density at radius 3 is 2.52 bits per heavy atom. The number of nitrogens with one attached hydrogen (secondary N) is 1. The molecule has 0 bridgehead atoms. The van der Waals surface area contributed by atoms with Crippen molar-refractivity contribution in [2.75, 3.05) is 20.2 Å². The Morgan fingerprint density at radius 2 is 2.00 bits per heavy atom. The van der Waals surface area contributed by atoms with E-state index < -0.39 is 0 Å². The number of aromatic hydroxyl groups is 1. The fourth-order valence-electron chi connectivity index (χ4n) is 2.50. The van der Waals surface area contributed by atoms with E-state index in [2.05, 4.69) is 5.32 Å². The van der Waals surface area contributed by atoms with Crippen LogP contribution in [0.25, 0.3) is 0 Å². The zero-order chi connectivity index (χ0) is 15.4. The second-order valence-electron chi connectivity index (χ2n) is 5.15. The molecule has 6 nitrogen and oxygen atoms in total. The van der Waals surface area contributed by atoms with E-state index in [1.807, 2.05) is 0 Å². The van der Waals surface area contributed by atoms with Crippen LogP contribution < -0.4 is 10.1 Å². The van der Waals surface area contributed by atoms with Crippen LogP contribution >= 0.6 is 0 Å². The number of nitrogens with zero attached hydrogens (tertiary/aromatic N) is 1. The van der Waals surface area contributed by atoms with E-state index in [-0.39, 0.29) is 29.2 Å². The topological polar surface area (TPSA) is 78.9 Å². The van der Waals surface area contributed by atoms with Crippen LogP contribution in [0.4, 0.5) is 0 Å². The average Bonchev–Trinajstić information content (AvgIpc) is 2.46. The summed E-state index contributed by atoms with van der Waals surface area (Å²) in [7, 11) is 1.50. The van der Waals surface area contributed by atoms with Crippen LogP contribution in [-0.2, 0) is 4.79 Å². The first-order chi connectivity index (χ1) is 10.0. The first-order valence-electron chi connectivity index (χ1n) is 6.94. The van der Waals surface area contributed by atoms with Gasteiger partial charge in [0, 0.05) is 32.1 Å². The number of piperidine rings is 1. The van der Waals surface area contributed by atoms with Gasteiger partial charge in [0.2, 0.25) is 5.91 Å². The molecule has 0 radical (unpaired) electrons. The van der Waals surface area contributed by atoms with E-state index in [4.69, 9.17) is 4.74 Å². The number of hydrogen-bond acceptors (Lipinski definition) is 4. The summed E-state index contributed by atoms with van der Waals surface area (Å²) in [5.41, 5.74) is 0.272. The number of phenolic OH excluding ortho intramolecular Hbond substituents is 1. The molecule has 1 aliphatic heterocycles. The van der Waals surface area contributed by atoms with Gasteiger partial charge in [0.25, 0.3) is 5.91 Å². The van der Waals surface area contributed by atoms with Crippen molar-refractivity contribution in [2.45, 2.75) is 25.8 Å². The molecule has 0 aromatic heterocycles. The van der Waals surface area contributed by atoms with Crippen LogP contribution in [0.3, 0.4) is 0 Å². The molecule has 0 saturated carbocycles. The number of ether oxygens (including phenoxy) is 1. The van der Waals surface area contributed by atoms with Gasteiger partial charge in [-0.25, -0.2) is 0 Å². The smallest absolute Gasteiger partial charge is 0.257 e. The number of carbonyl (C=O) groups excluding carboxylic acids is 2. The molecule has 1 aromatic rings. The Morgan fingerprint density at radius 1 is 1.33 bits per heavy atom. The van der Waals surface area contributed by atoms with Crippen LogP contribution in [0.5, 0.6) is 11.5 Å². The summed E-state index contributed by atoms with van der Waals surface area (Å²) in [5, 5.41) is 12.8. The minimum absolute atomic E-state index is 0.0485. The number of amides is 2. The van der Waals surface area contributed by atoms with E-state index in [9.17, 15) is 14.7 Å². The van der Waals surface area contributed by atoms with Crippen molar-refractivity contribution < 1.29 is 19.4 Å². The lowest BCUT2D eigenvalue weighted by atomic mass is 10.0. The standard InChI is InChI=1S/C15H20N2O4/c1-10(18)16-11-5-7-17(8-6-11)15(20)13-4-3-12(21-2)9-14(13)19/h3-4,9,11,19H,5-8H2,1-2H3,(H,16,18). The second kappa shape index (κ2) is 6.47. The fraction of sp³-hybridized carbons (Fsp3) is 0.467. The molecule has 0 spiro atoms. The Kier molecular flexibility index (Phi) is 4.67. The van der Waals surface area contributed by atoms with E-state index >= 15 is 0 Å². The molecule has 0 atom stereocenters.